The van der Waals surface area contributed by atoms with Crippen LogP contribution >= 0.6 is 22.6 Å². The van der Waals surface area contributed by atoms with Gasteiger partial charge in [0.25, 0.3) is 0 Å². The summed E-state index contributed by atoms with van der Waals surface area (Å²) in [5.74, 6) is -4.99. The lowest BCUT2D eigenvalue weighted by Crippen LogP contribution is -2.33. The van der Waals surface area contributed by atoms with Gasteiger partial charge in [-0.15, -0.1) is 0 Å². The number of ketones is 1. The second kappa shape index (κ2) is 7.13. The van der Waals surface area contributed by atoms with Crippen molar-refractivity contribution in [2.75, 3.05) is 6.61 Å². The molecule has 16 heavy (non-hydrogen) atoms. The lowest BCUT2D eigenvalue weighted by atomic mass is 10.1. The van der Waals surface area contributed by atoms with Crippen molar-refractivity contribution in [3.8, 4) is 0 Å². The van der Waals surface area contributed by atoms with Gasteiger partial charge in [-0.05, 0) is 20.3 Å². The van der Waals surface area contributed by atoms with Crippen molar-refractivity contribution < 1.29 is 23.1 Å². The molecular formula is C10H15F2IO3. The van der Waals surface area contributed by atoms with Crippen LogP contribution in [-0.4, -0.2) is 28.2 Å². The summed E-state index contributed by atoms with van der Waals surface area (Å²) in [4.78, 5) is 21.6. The maximum atomic E-state index is 13.2. The third kappa shape index (κ3) is 6.34. The van der Waals surface area contributed by atoms with Gasteiger partial charge in [-0.25, -0.2) is 4.79 Å². The summed E-state index contributed by atoms with van der Waals surface area (Å²) in [6, 6.07) is 0. The van der Waals surface area contributed by atoms with E-state index in [0.717, 1.165) is 0 Å². The maximum Gasteiger partial charge on any atom is 0.377 e. The van der Waals surface area contributed by atoms with Crippen molar-refractivity contribution >= 4 is 34.3 Å². The van der Waals surface area contributed by atoms with Gasteiger partial charge in [-0.2, -0.15) is 8.78 Å². The molecule has 0 bridgehead atoms. The average Bonchev–Trinajstić information content (AvgIpc) is 2.14. The molecule has 0 spiro atoms. The van der Waals surface area contributed by atoms with E-state index in [-0.39, 0.29) is 18.8 Å². The van der Waals surface area contributed by atoms with E-state index in [1.54, 1.807) is 0 Å². The minimum atomic E-state index is -3.46. The summed E-state index contributed by atoms with van der Waals surface area (Å²) < 4.78 is 30.3. The Balaban J connectivity index is 4.13. The number of carbonyl (C=O) groups is 2. The van der Waals surface area contributed by atoms with E-state index in [9.17, 15) is 18.4 Å². The van der Waals surface area contributed by atoms with Gasteiger partial charge in [0.15, 0.2) is 0 Å². The SMILES string of the molecule is CCOC(=O)C(F)(F)CC(I)CCC(C)=O. The van der Waals surface area contributed by atoms with Gasteiger partial charge in [0.1, 0.15) is 5.78 Å². The van der Waals surface area contributed by atoms with Crippen molar-refractivity contribution in [1.29, 1.82) is 0 Å². The monoisotopic (exact) mass is 348 g/mol. The van der Waals surface area contributed by atoms with Crippen LogP contribution in [0.15, 0.2) is 0 Å². The van der Waals surface area contributed by atoms with Gasteiger partial charge in [0.05, 0.1) is 6.61 Å². The number of Topliss-reactive ketones (excluding diaryl/α,β-unsaturated/α-hetero) is 1. The third-order valence-electron chi connectivity index (χ3n) is 1.86. The molecule has 1 atom stereocenters. The zero-order valence-electron chi connectivity index (χ0n) is 9.26. The fraction of sp³-hybridized carbons (Fsp3) is 0.800. The Morgan fingerprint density at radius 3 is 2.44 bits per heavy atom. The highest BCUT2D eigenvalue weighted by atomic mass is 127. The summed E-state index contributed by atoms with van der Waals surface area (Å²) in [5, 5.41) is 0. The van der Waals surface area contributed by atoms with Gasteiger partial charge >= 0.3 is 11.9 Å². The Bertz CT molecular complexity index is 256. The minimum absolute atomic E-state index is 0.0406. The highest BCUT2D eigenvalue weighted by molar-refractivity contribution is 14.1. The van der Waals surface area contributed by atoms with Gasteiger partial charge in [0, 0.05) is 16.8 Å². The second-order valence-corrected chi connectivity index (χ2v) is 5.23. The third-order valence-corrected chi connectivity index (χ3v) is 2.92. The van der Waals surface area contributed by atoms with Crippen LogP contribution in [0.2, 0.25) is 0 Å². The molecule has 1 unspecified atom stereocenters. The fourth-order valence-electron chi connectivity index (χ4n) is 1.06. The average molecular weight is 348 g/mol. The van der Waals surface area contributed by atoms with E-state index in [1.807, 2.05) is 22.6 Å². The first-order valence-corrected chi connectivity index (χ1v) is 6.22. The Hall–Kier alpha value is -0.270. The summed E-state index contributed by atoms with van der Waals surface area (Å²) in [6.45, 7) is 2.83. The van der Waals surface area contributed by atoms with E-state index in [0.29, 0.717) is 6.42 Å². The number of halogens is 3. The highest BCUT2D eigenvalue weighted by Gasteiger charge is 2.41. The van der Waals surface area contributed by atoms with E-state index in [1.165, 1.54) is 13.8 Å². The van der Waals surface area contributed by atoms with Crippen LogP contribution in [0.3, 0.4) is 0 Å². The maximum absolute atomic E-state index is 13.2. The molecule has 0 amide bonds. The number of ether oxygens (including phenoxy) is 1. The Labute approximate surface area is 107 Å². The molecule has 6 heteroatoms. The number of alkyl halides is 3. The number of carbonyl (C=O) groups excluding carboxylic acids is 2. The summed E-state index contributed by atoms with van der Waals surface area (Å²) in [5.41, 5.74) is 0. The first kappa shape index (κ1) is 15.7. The molecule has 0 aliphatic carbocycles. The quantitative estimate of drug-likeness (QED) is 0.404. The Morgan fingerprint density at radius 2 is 2.00 bits per heavy atom. The molecule has 0 rings (SSSR count). The molecule has 0 saturated carbocycles. The molecule has 0 aromatic carbocycles. The normalized spacial score (nSPS) is 13.3. The van der Waals surface area contributed by atoms with E-state index in [4.69, 9.17) is 0 Å². The first-order chi connectivity index (χ1) is 7.29. The summed E-state index contributed by atoms with van der Waals surface area (Å²) in [6.07, 6.45) is 0.0249. The fourth-order valence-corrected chi connectivity index (χ4v) is 1.92. The van der Waals surface area contributed by atoms with Crippen molar-refractivity contribution in [3.63, 3.8) is 0 Å². The zero-order valence-corrected chi connectivity index (χ0v) is 11.4. The molecule has 0 radical (unpaired) electrons. The van der Waals surface area contributed by atoms with Gasteiger partial charge in [0.2, 0.25) is 0 Å². The van der Waals surface area contributed by atoms with Gasteiger partial charge < -0.3 is 9.53 Å². The van der Waals surface area contributed by atoms with Crippen LogP contribution in [0.4, 0.5) is 8.78 Å². The number of hydrogen-bond donors (Lipinski definition) is 0. The molecule has 0 aromatic rings. The van der Waals surface area contributed by atoms with E-state index >= 15 is 0 Å². The number of rotatable bonds is 7. The molecule has 0 aromatic heterocycles. The van der Waals surface area contributed by atoms with E-state index in [2.05, 4.69) is 4.74 Å². The van der Waals surface area contributed by atoms with Crippen molar-refractivity contribution in [2.45, 2.75) is 43.0 Å². The minimum Gasteiger partial charge on any atom is -0.462 e. The van der Waals surface area contributed by atoms with E-state index < -0.39 is 22.2 Å². The predicted molar refractivity (Wildman–Crippen MR) is 63.9 cm³/mol. The molecule has 3 nitrogen and oxygen atoms in total. The van der Waals surface area contributed by atoms with Gasteiger partial charge in [-0.3, -0.25) is 0 Å². The molecule has 0 aliphatic heterocycles. The largest absolute Gasteiger partial charge is 0.462 e. The molecule has 0 N–H and O–H groups in total. The topological polar surface area (TPSA) is 43.4 Å². The highest BCUT2D eigenvalue weighted by Crippen LogP contribution is 2.28. The van der Waals surface area contributed by atoms with Crippen LogP contribution in [0.5, 0.6) is 0 Å². The molecule has 0 heterocycles. The first-order valence-electron chi connectivity index (χ1n) is 4.98. The predicted octanol–water partition coefficient (Wildman–Crippen LogP) is 2.75. The molecular weight excluding hydrogens is 333 g/mol. The van der Waals surface area contributed by atoms with Gasteiger partial charge in [-0.1, -0.05) is 22.6 Å². The zero-order chi connectivity index (χ0) is 12.8. The van der Waals surface area contributed by atoms with Crippen molar-refractivity contribution in [1.82, 2.24) is 0 Å². The molecule has 0 aliphatic rings. The standard InChI is InChI=1S/C10H15F2IO3/c1-3-16-9(15)10(11,12)6-8(13)5-4-7(2)14/h8H,3-6H2,1-2H3. The Kier molecular flexibility index (Phi) is 7.01. The Morgan fingerprint density at radius 1 is 1.44 bits per heavy atom. The second-order valence-electron chi connectivity index (χ2n) is 3.47. The smallest absolute Gasteiger partial charge is 0.377 e. The lowest BCUT2D eigenvalue weighted by Gasteiger charge is -2.17. The molecule has 0 fully saturated rings. The summed E-state index contributed by atoms with van der Waals surface area (Å²) in [7, 11) is 0. The lowest BCUT2D eigenvalue weighted by molar-refractivity contribution is -0.172. The van der Waals surface area contributed by atoms with Crippen LogP contribution in [-0.2, 0) is 14.3 Å². The number of esters is 1. The molecule has 94 valence electrons. The van der Waals surface area contributed by atoms with Crippen LogP contribution in [0.25, 0.3) is 0 Å². The summed E-state index contributed by atoms with van der Waals surface area (Å²) >= 11 is 1.82. The van der Waals surface area contributed by atoms with Crippen molar-refractivity contribution in [2.24, 2.45) is 0 Å². The van der Waals surface area contributed by atoms with Crippen LogP contribution < -0.4 is 0 Å². The van der Waals surface area contributed by atoms with Crippen LogP contribution in [0.1, 0.15) is 33.1 Å². The van der Waals surface area contributed by atoms with Crippen LogP contribution in [0, 0.1) is 0 Å². The van der Waals surface area contributed by atoms with Crippen molar-refractivity contribution in [3.05, 3.63) is 0 Å². The number of hydrogen-bond acceptors (Lipinski definition) is 3. The molecule has 0 saturated heterocycles.